The molecule has 1 saturated heterocycles. The molecule has 152 valence electrons. The molecule has 4 rings (SSSR count). The first-order valence-electron chi connectivity index (χ1n) is 9.45. The first kappa shape index (κ1) is 19.7. The minimum absolute atomic E-state index is 0.0719. The average molecular weight is 420 g/mol. The van der Waals surface area contributed by atoms with Crippen LogP contribution in [-0.2, 0) is 10.0 Å². The molecule has 0 unspecified atom stereocenters. The van der Waals surface area contributed by atoms with Gasteiger partial charge in [0.1, 0.15) is 0 Å². The van der Waals surface area contributed by atoms with Crippen molar-refractivity contribution in [3.05, 3.63) is 72.6 Å². The minimum atomic E-state index is -3.77. The molecule has 0 bridgehead atoms. The Kier molecular flexibility index (Phi) is 5.50. The fourth-order valence-electron chi connectivity index (χ4n) is 3.26. The normalized spacial score (nSPS) is 14.2. The molecule has 2 heterocycles. The van der Waals surface area contributed by atoms with Gasteiger partial charge in [0.05, 0.1) is 34.6 Å². The Morgan fingerprint density at radius 3 is 2.07 bits per heavy atom. The number of piperazine rings is 1. The number of nitrogens with one attached hydrogen (secondary N) is 1. The van der Waals surface area contributed by atoms with Crippen LogP contribution in [0, 0.1) is 11.3 Å². The number of nitriles is 1. The molecule has 9 heteroatoms. The van der Waals surface area contributed by atoms with Crippen LogP contribution < -0.4 is 14.5 Å². The topological polar surface area (TPSA) is 102 Å². The van der Waals surface area contributed by atoms with Gasteiger partial charge in [-0.15, -0.1) is 0 Å². The number of aromatic nitrogens is 2. The first-order chi connectivity index (χ1) is 14.5. The van der Waals surface area contributed by atoms with Crippen LogP contribution in [-0.4, -0.2) is 44.6 Å². The molecule has 3 aromatic rings. The Morgan fingerprint density at radius 1 is 0.867 bits per heavy atom. The molecule has 0 spiro atoms. The number of nitrogens with zero attached hydrogens (tertiary/aromatic N) is 5. The van der Waals surface area contributed by atoms with Crippen molar-refractivity contribution in [2.24, 2.45) is 0 Å². The number of hydrogen-bond donors (Lipinski definition) is 1. The molecule has 8 nitrogen and oxygen atoms in total. The van der Waals surface area contributed by atoms with Crippen molar-refractivity contribution >= 4 is 27.3 Å². The van der Waals surface area contributed by atoms with Crippen molar-refractivity contribution in [3.63, 3.8) is 0 Å². The quantitative estimate of drug-likeness (QED) is 0.676. The number of sulfonamides is 1. The second kappa shape index (κ2) is 8.39. The third-order valence-electron chi connectivity index (χ3n) is 4.87. The largest absolute Gasteiger partial charge is 0.368 e. The van der Waals surface area contributed by atoms with Crippen molar-refractivity contribution in [1.29, 1.82) is 5.26 Å². The second-order valence-electron chi connectivity index (χ2n) is 6.82. The monoisotopic (exact) mass is 420 g/mol. The Balaban J connectivity index is 1.39. The summed E-state index contributed by atoms with van der Waals surface area (Å²) in [5.74, 6) is 0.573. The summed E-state index contributed by atoms with van der Waals surface area (Å²) in [6.07, 6.45) is 2.93. The Hall–Kier alpha value is -3.64. The summed E-state index contributed by atoms with van der Waals surface area (Å²) in [6, 6.07) is 17.9. The molecule has 1 aliphatic rings. The van der Waals surface area contributed by atoms with E-state index in [0.717, 1.165) is 26.2 Å². The lowest BCUT2D eigenvalue weighted by Gasteiger charge is -2.36. The highest BCUT2D eigenvalue weighted by Crippen LogP contribution is 2.20. The van der Waals surface area contributed by atoms with Crippen LogP contribution in [0.5, 0.6) is 0 Å². The van der Waals surface area contributed by atoms with Crippen molar-refractivity contribution in [2.45, 2.75) is 4.90 Å². The molecule has 1 N–H and O–H groups in total. The molecule has 1 fully saturated rings. The average Bonchev–Trinajstić information content (AvgIpc) is 2.80. The van der Waals surface area contributed by atoms with E-state index in [-0.39, 0.29) is 10.6 Å². The van der Waals surface area contributed by atoms with E-state index in [0.29, 0.717) is 11.5 Å². The maximum absolute atomic E-state index is 12.5. The molecular weight excluding hydrogens is 400 g/mol. The van der Waals surface area contributed by atoms with Crippen molar-refractivity contribution in [1.82, 2.24) is 9.97 Å². The fourth-order valence-corrected chi connectivity index (χ4v) is 4.29. The van der Waals surface area contributed by atoms with Gasteiger partial charge in [0.2, 0.25) is 5.95 Å². The molecule has 0 atom stereocenters. The molecule has 0 aliphatic carbocycles. The SMILES string of the molecule is N#Cc1ccc(S(=O)(=O)Nc2cnc(N3CCN(c4ccccc4)CC3)nc2)cc1. The number of anilines is 3. The van der Waals surface area contributed by atoms with Gasteiger partial charge >= 0.3 is 0 Å². The molecule has 0 amide bonds. The molecule has 0 saturated carbocycles. The van der Waals surface area contributed by atoms with Gasteiger partial charge in [-0.05, 0) is 36.4 Å². The van der Waals surface area contributed by atoms with E-state index in [1.807, 2.05) is 24.3 Å². The lowest BCUT2D eigenvalue weighted by Crippen LogP contribution is -2.47. The highest BCUT2D eigenvalue weighted by atomic mass is 32.2. The van der Waals surface area contributed by atoms with Crippen LogP contribution in [0.4, 0.5) is 17.3 Å². The van der Waals surface area contributed by atoms with Crippen LogP contribution in [0.25, 0.3) is 0 Å². The molecule has 0 radical (unpaired) electrons. The number of benzene rings is 2. The van der Waals surface area contributed by atoms with Gasteiger partial charge in [-0.2, -0.15) is 5.26 Å². The Bertz CT molecular complexity index is 1130. The van der Waals surface area contributed by atoms with E-state index in [9.17, 15) is 8.42 Å². The van der Waals surface area contributed by atoms with Crippen molar-refractivity contribution in [2.75, 3.05) is 40.7 Å². The van der Waals surface area contributed by atoms with Crippen molar-refractivity contribution < 1.29 is 8.42 Å². The van der Waals surface area contributed by atoms with E-state index in [4.69, 9.17) is 5.26 Å². The third-order valence-corrected chi connectivity index (χ3v) is 6.27. The minimum Gasteiger partial charge on any atom is -0.368 e. The van der Waals surface area contributed by atoms with Gasteiger partial charge in [0.15, 0.2) is 0 Å². The van der Waals surface area contributed by atoms with Crippen LogP contribution in [0.15, 0.2) is 71.9 Å². The molecule has 1 aromatic heterocycles. The summed E-state index contributed by atoms with van der Waals surface area (Å²) >= 11 is 0. The standard InChI is InChI=1S/C21H20N6O2S/c22-14-17-6-8-20(9-7-17)30(28,29)25-18-15-23-21(24-16-18)27-12-10-26(11-13-27)19-4-2-1-3-5-19/h1-9,15-16,25H,10-13H2. The number of para-hydroxylation sites is 1. The summed E-state index contributed by atoms with van der Waals surface area (Å²) in [5.41, 5.74) is 1.88. The van der Waals surface area contributed by atoms with Crippen LogP contribution in [0.2, 0.25) is 0 Å². The predicted molar refractivity (Wildman–Crippen MR) is 115 cm³/mol. The van der Waals surface area contributed by atoms with Crippen molar-refractivity contribution in [3.8, 4) is 6.07 Å². The van der Waals surface area contributed by atoms with Gasteiger partial charge in [-0.1, -0.05) is 18.2 Å². The maximum Gasteiger partial charge on any atom is 0.261 e. The van der Waals surface area contributed by atoms with E-state index < -0.39 is 10.0 Å². The molecular formula is C21H20N6O2S. The molecule has 1 aliphatic heterocycles. The van der Waals surface area contributed by atoms with Crippen LogP contribution in [0.1, 0.15) is 5.56 Å². The van der Waals surface area contributed by atoms with Gasteiger partial charge in [0.25, 0.3) is 10.0 Å². The van der Waals surface area contributed by atoms with Gasteiger partial charge in [-0.25, -0.2) is 18.4 Å². The summed E-state index contributed by atoms with van der Waals surface area (Å²) in [6.45, 7) is 3.29. The Morgan fingerprint density at radius 2 is 1.47 bits per heavy atom. The first-order valence-corrected chi connectivity index (χ1v) is 10.9. The summed E-state index contributed by atoms with van der Waals surface area (Å²) < 4.78 is 27.5. The molecule has 30 heavy (non-hydrogen) atoms. The zero-order valence-electron chi connectivity index (χ0n) is 16.1. The van der Waals surface area contributed by atoms with Crippen LogP contribution in [0.3, 0.4) is 0 Å². The fraction of sp³-hybridized carbons (Fsp3) is 0.190. The zero-order chi connectivity index (χ0) is 21.0. The second-order valence-corrected chi connectivity index (χ2v) is 8.51. The highest BCUT2D eigenvalue weighted by Gasteiger charge is 2.20. The zero-order valence-corrected chi connectivity index (χ0v) is 17.0. The molecule has 2 aromatic carbocycles. The lowest BCUT2D eigenvalue weighted by atomic mass is 10.2. The summed E-state index contributed by atoms with van der Waals surface area (Å²) in [7, 11) is -3.77. The van der Waals surface area contributed by atoms with Gasteiger partial charge in [-0.3, -0.25) is 4.72 Å². The highest BCUT2D eigenvalue weighted by molar-refractivity contribution is 7.92. The lowest BCUT2D eigenvalue weighted by molar-refractivity contribution is 0.601. The summed E-state index contributed by atoms with van der Waals surface area (Å²) in [5, 5.41) is 8.83. The van der Waals surface area contributed by atoms with E-state index >= 15 is 0 Å². The Labute approximate surface area is 175 Å². The van der Waals surface area contributed by atoms with Gasteiger partial charge in [0, 0.05) is 31.9 Å². The maximum atomic E-state index is 12.5. The van der Waals surface area contributed by atoms with Gasteiger partial charge < -0.3 is 9.80 Å². The third kappa shape index (κ3) is 4.34. The number of rotatable bonds is 5. The predicted octanol–water partition coefficient (Wildman–Crippen LogP) is 2.48. The van der Waals surface area contributed by atoms with E-state index in [1.54, 1.807) is 0 Å². The number of hydrogen-bond acceptors (Lipinski definition) is 7. The van der Waals surface area contributed by atoms with Crippen LogP contribution >= 0.6 is 0 Å². The van der Waals surface area contributed by atoms with E-state index in [1.165, 1.54) is 42.3 Å². The summed E-state index contributed by atoms with van der Waals surface area (Å²) in [4.78, 5) is 13.1. The van der Waals surface area contributed by atoms with E-state index in [2.05, 4.69) is 36.6 Å². The smallest absolute Gasteiger partial charge is 0.261 e.